The second-order valence-corrected chi connectivity index (χ2v) is 6.64. The fourth-order valence-electron chi connectivity index (χ4n) is 2.47. The van der Waals surface area contributed by atoms with Gasteiger partial charge in [0.05, 0.1) is 16.7 Å². The molecular formula is C20H16ClN3O5. The lowest BCUT2D eigenvalue weighted by atomic mass is 10.1. The zero-order valence-electron chi connectivity index (χ0n) is 15.5. The van der Waals surface area contributed by atoms with Gasteiger partial charge >= 0.3 is 5.97 Å². The highest BCUT2D eigenvalue weighted by Crippen LogP contribution is 2.32. The van der Waals surface area contributed by atoms with Gasteiger partial charge in [-0.05, 0) is 50.2 Å². The van der Waals surface area contributed by atoms with E-state index in [4.69, 9.17) is 30.7 Å². The molecule has 0 radical (unpaired) electrons. The highest BCUT2D eigenvalue weighted by Gasteiger charge is 2.16. The number of nitriles is 1. The van der Waals surface area contributed by atoms with Gasteiger partial charge in [-0.25, -0.2) is 4.79 Å². The quantitative estimate of drug-likeness (QED) is 0.612. The normalized spacial score (nSPS) is 10.6. The Balaban J connectivity index is 1.86. The van der Waals surface area contributed by atoms with Crippen LogP contribution in [0.4, 0.5) is 0 Å². The van der Waals surface area contributed by atoms with Gasteiger partial charge in [0.15, 0.2) is 6.61 Å². The Morgan fingerprint density at radius 2 is 2.10 bits per heavy atom. The second kappa shape index (κ2) is 8.63. The van der Waals surface area contributed by atoms with Crippen molar-refractivity contribution in [3.63, 3.8) is 0 Å². The Kier molecular flexibility index (Phi) is 6.00. The van der Waals surface area contributed by atoms with E-state index >= 15 is 0 Å². The number of ether oxygens (including phenoxy) is 2. The van der Waals surface area contributed by atoms with E-state index < -0.39 is 12.6 Å². The Bertz CT molecular complexity index is 1090. The summed E-state index contributed by atoms with van der Waals surface area (Å²) in [7, 11) is 0. The summed E-state index contributed by atoms with van der Waals surface area (Å²) in [5.74, 6) is 0.162. The first-order valence-electron chi connectivity index (χ1n) is 8.56. The third-order valence-corrected chi connectivity index (χ3v) is 3.99. The molecule has 0 fully saturated rings. The molecule has 9 heteroatoms. The molecule has 148 valence electrons. The lowest BCUT2D eigenvalue weighted by Gasteiger charge is -2.11. The van der Waals surface area contributed by atoms with E-state index in [0.717, 1.165) is 0 Å². The van der Waals surface area contributed by atoms with Crippen molar-refractivity contribution in [2.75, 3.05) is 6.61 Å². The standard InChI is InChI=1S/C20H16ClN3O5/c1-11(2)28-17-6-3-12(7-13(17)9-22)20-23-19(24-29-20)15-5-4-14(8-16(15)21)27-10-18(25)26/h3-8,11H,10H2,1-2H3,(H,25,26). The van der Waals surface area contributed by atoms with Crippen LogP contribution in [0.25, 0.3) is 22.8 Å². The Hall–Kier alpha value is -3.57. The maximum atomic E-state index is 10.6. The summed E-state index contributed by atoms with van der Waals surface area (Å²) in [5, 5.41) is 22.2. The van der Waals surface area contributed by atoms with E-state index in [0.29, 0.717) is 28.2 Å². The summed E-state index contributed by atoms with van der Waals surface area (Å²) in [6, 6.07) is 11.7. The molecule has 0 atom stereocenters. The van der Waals surface area contributed by atoms with E-state index in [1.54, 1.807) is 30.3 Å². The maximum absolute atomic E-state index is 10.6. The third-order valence-electron chi connectivity index (χ3n) is 3.68. The molecular weight excluding hydrogens is 398 g/mol. The summed E-state index contributed by atoms with van der Waals surface area (Å²) in [6.45, 7) is 3.28. The number of aromatic nitrogens is 2. The van der Waals surface area contributed by atoms with Crippen molar-refractivity contribution in [3.05, 3.63) is 47.0 Å². The fourth-order valence-corrected chi connectivity index (χ4v) is 2.72. The smallest absolute Gasteiger partial charge is 0.341 e. The minimum absolute atomic E-state index is 0.0625. The molecule has 0 aliphatic carbocycles. The molecule has 29 heavy (non-hydrogen) atoms. The van der Waals surface area contributed by atoms with Crippen molar-refractivity contribution in [3.8, 4) is 40.4 Å². The molecule has 0 unspecified atom stereocenters. The Labute approximate surface area is 171 Å². The number of carboxylic acid groups (broad SMARTS) is 1. The number of hydrogen-bond donors (Lipinski definition) is 1. The molecule has 0 saturated carbocycles. The number of halogens is 1. The average Bonchev–Trinajstić information content (AvgIpc) is 3.16. The molecule has 3 rings (SSSR count). The van der Waals surface area contributed by atoms with E-state index in [-0.39, 0.29) is 22.8 Å². The van der Waals surface area contributed by atoms with Crippen LogP contribution in [-0.2, 0) is 4.79 Å². The molecule has 2 aromatic carbocycles. The number of rotatable bonds is 7. The first-order valence-corrected chi connectivity index (χ1v) is 8.94. The van der Waals surface area contributed by atoms with Crippen molar-refractivity contribution in [2.45, 2.75) is 20.0 Å². The van der Waals surface area contributed by atoms with Crippen molar-refractivity contribution in [2.24, 2.45) is 0 Å². The van der Waals surface area contributed by atoms with Gasteiger partial charge in [-0.3, -0.25) is 0 Å². The van der Waals surface area contributed by atoms with Gasteiger partial charge in [-0.1, -0.05) is 16.8 Å². The topological polar surface area (TPSA) is 118 Å². The predicted octanol–water partition coefficient (Wildman–Crippen LogP) is 4.18. The van der Waals surface area contributed by atoms with Gasteiger partial charge in [-0.15, -0.1) is 0 Å². The number of carbonyl (C=O) groups is 1. The number of hydrogen-bond acceptors (Lipinski definition) is 7. The fraction of sp³-hybridized carbons (Fsp3) is 0.200. The molecule has 1 aromatic heterocycles. The Morgan fingerprint density at radius 3 is 2.76 bits per heavy atom. The van der Waals surface area contributed by atoms with Crippen molar-refractivity contribution in [1.29, 1.82) is 5.26 Å². The largest absolute Gasteiger partial charge is 0.490 e. The van der Waals surface area contributed by atoms with Crippen LogP contribution in [-0.4, -0.2) is 33.9 Å². The molecule has 0 amide bonds. The molecule has 1 heterocycles. The van der Waals surface area contributed by atoms with Gasteiger partial charge < -0.3 is 19.1 Å². The molecule has 1 N–H and O–H groups in total. The van der Waals surface area contributed by atoms with Crippen LogP contribution >= 0.6 is 11.6 Å². The van der Waals surface area contributed by atoms with Crippen LogP contribution in [0.3, 0.4) is 0 Å². The summed E-state index contributed by atoms with van der Waals surface area (Å²) in [5.41, 5.74) is 1.41. The Morgan fingerprint density at radius 1 is 1.31 bits per heavy atom. The summed E-state index contributed by atoms with van der Waals surface area (Å²) >= 11 is 6.24. The summed E-state index contributed by atoms with van der Waals surface area (Å²) in [6.07, 6.45) is -0.0625. The molecule has 0 saturated heterocycles. The third kappa shape index (κ3) is 4.83. The van der Waals surface area contributed by atoms with Crippen LogP contribution < -0.4 is 9.47 Å². The average molecular weight is 414 g/mol. The summed E-state index contributed by atoms with van der Waals surface area (Å²) in [4.78, 5) is 14.9. The molecule has 8 nitrogen and oxygen atoms in total. The van der Waals surface area contributed by atoms with Gasteiger partial charge in [0, 0.05) is 11.1 Å². The zero-order valence-corrected chi connectivity index (χ0v) is 16.3. The van der Waals surface area contributed by atoms with E-state index in [1.165, 1.54) is 6.07 Å². The highest BCUT2D eigenvalue weighted by atomic mass is 35.5. The van der Waals surface area contributed by atoms with E-state index in [9.17, 15) is 10.1 Å². The first kappa shape index (κ1) is 20.2. The molecule has 0 aliphatic heterocycles. The van der Waals surface area contributed by atoms with Crippen LogP contribution in [0, 0.1) is 11.3 Å². The maximum Gasteiger partial charge on any atom is 0.341 e. The lowest BCUT2D eigenvalue weighted by Crippen LogP contribution is -2.09. The van der Waals surface area contributed by atoms with Gasteiger partial charge in [0.2, 0.25) is 5.82 Å². The van der Waals surface area contributed by atoms with Crippen LogP contribution in [0.1, 0.15) is 19.4 Å². The number of nitrogens with zero attached hydrogens (tertiary/aromatic N) is 3. The number of carboxylic acids is 1. The summed E-state index contributed by atoms with van der Waals surface area (Å²) < 4.78 is 16.0. The molecule has 0 spiro atoms. The van der Waals surface area contributed by atoms with Crippen LogP contribution in [0.15, 0.2) is 40.9 Å². The highest BCUT2D eigenvalue weighted by molar-refractivity contribution is 6.33. The second-order valence-electron chi connectivity index (χ2n) is 6.24. The lowest BCUT2D eigenvalue weighted by molar-refractivity contribution is -0.139. The SMILES string of the molecule is CC(C)Oc1ccc(-c2nc(-c3ccc(OCC(=O)O)cc3Cl)no2)cc1C#N. The zero-order chi connectivity index (χ0) is 21.0. The number of aliphatic carboxylic acids is 1. The van der Waals surface area contributed by atoms with E-state index in [2.05, 4.69) is 16.2 Å². The minimum atomic E-state index is -1.09. The van der Waals surface area contributed by atoms with Crippen LogP contribution in [0.5, 0.6) is 11.5 Å². The molecule has 0 aliphatic rings. The van der Waals surface area contributed by atoms with Crippen molar-refractivity contribution in [1.82, 2.24) is 10.1 Å². The minimum Gasteiger partial charge on any atom is -0.490 e. The van der Waals surface area contributed by atoms with Crippen molar-refractivity contribution >= 4 is 17.6 Å². The number of benzene rings is 2. The van der Waals surface area contributed by atoms with E-state index in [1.807, 2.05) is 13.8 Å². The van der Waals surface area contributed by atoms with Crippen molar-refractivity contribution < 1.29 is 23.9 Å². The van der Waals surface area contributed by atoms with Crippen LogP contribution in [0.2, 0.25) is 5.02 Å². The predicted molar refractivity (Wildman–Crippen MR) is 104 cm³/mol. The molecule has 3 aromatic rings. The monoisotopic (exact) mass is 413 g/mol. The first-order chi connectivity index (χ1) is 13.9. The van der Waals surface area contributed by atoms with Gasteiger partial charge in [-0.2, -0.15) is 10.2 Å². The van der Waals surface area contributed by atoms with Gasteiger partial charge in [0.1, 0.15) is 17.6 Å². The molecule has 0 bridgehead atoms. The van der Waals surface area contributed by atoms with Gasteiger partial charge in [0.25, 0.3) is 5.89 Å².